The van der Waals surface area contributed by atoms with Crippen molar-refractivity contribution >= 4 is 5.91 Å². The number of hydrogen-bond donors (Lipinski definition) is 2. The molecule has 78 valence electrons. The smallest absolute Gasteiger partial charge is 0.254 e. The number of carbonyl (C=O) groups excluding carboxylic acids is 1. The predicted molar refractivity (Wildman–Crippen MR) is 55.1 cm³/mol. The zero-order valence-electron chi connectivity index (χ0n) is 8.55. The maximum Gasteiger partial charge on any atom is 0.254 e. The molecule has 1 aromatic rings. The van der Waals surface area contributed by atoms with E-state index in [1.807, 2.05) is 0 Å². The second kappa shape index (κ2) is 6.18. The molecule has 0 aromatic carbocycles. The van der Waals surface area contributed by atoms with E-state index in [2.05, 4.69) is 22.4 Å². The predicted octanol–water partition coefficient (Wildman–Crippen LogP) is 1.72. The molecule has 0 spiro atoms. The van der Waals surface area contributed by atoms with Gasteiger partial charge in [-0.2, -0.15) is 5.10 Å². The van der Waals surface area contributed by atoms with E-state index < -0.39 is 0 Å². The van der Waals surface area contributed by atoms with E-state index >= 15 is 0 Å². The first-order chi connectivity index (χ1) is 6.84. The molecule has 0 aliphatic carbocycles. The number of carbonyl (C=O) groups is 1. The quantitative estimate of drug-likeness (QED) is 0.679. The van der Waals surface area contributed by atoms with Crippen LogP contribution in [-0.4, -0.2) is 22.6 Å². The lowest BCUT2D eigenvalue weighted by atomic mass is 10.2. The van der Waals surface area contributed by atoms with Crippen LogP contribution in [0.1, 0.15) is 43.0 Å². The third-order valence-electron chi connectivity index (χ3n) is 2.08. The summed E-state index contributed by atoms with van der Waals surface area (Å²) in [5, 5.41) is 9.17. The minimum absolute atomic E-state index is 0.0461. The van der Waals surface area contributed by atoms with Gasteiger partial charge in [-0.05, 0) is 6.42 Å². The highest BCUT2D eigenvalue weighted by atomic mass is 16.1. The Balaban J connectivity index is 2.10. The Morgan fingerprint density at radius 1 is 1.50 bits per heavy atom. The van der Waals surface area contributed by atoms with Crippen LogP contribution in [0.3, 0.4) is 0 Å². The van der Waals surface area contributed by atoms with E-state index in [-0.39, 0.29) is 5.91 Å². The van der Waals surface area contributed by atoms with Crippen molar-refractivity contribution in [2.75, 3.05) is 6.54 Å². The Morgan fingerprint density at radius 2 is 2.36 bits per heavy atom. The van der Waals surface area contributed by atoms with Crippen molar-refractivity contribution in [1.82, 2.24) is 15.5 Å². The van der Waals surface area contributed by atoms with Crippen LogP contribution < -0.4 is 5.32 Å². The van der Waals surface area contributed by atoms with Crippen LogP contribution in [0.15, 0.2) is 12.4 Å². The number of aromatic amines is 1. The largest absolute Gasteiger partial charge is 0.352 e. The summed E-state index contributed by atoms with van der Waals surface area (Å²) < 4.78 is 0. The molecule has 0 aliphatic rings. The Labute approximate surface area is 84.1 Å². The van der Waals surface area contributed by atoms with Crippen LogP contribution in [0.4, 0.5) is 0 Å². The zero-order chi connectivity index (χ0) is 10.2. The molecule has 0 aliphatic heterocycles. The maximum atomic E-state index is 11.4. The average Bonchev–Trinajstić information content (AvgIpc) is 2.70. The summed E-state index contributed by atoms with van der Waals surface area (Å²) in [6.07, 6.45) is 7.82. The van der Waals surface area contributed by atoms with Crippen molar-refractivity contribution < 1.29 is 4.79 Å². The lowest BCUT2D eigenvalue weighted by molar-refractivity contribution is 0.0953. The number of rotatable bonds is 6. The first-order valence-corrected chi connectivity index (χ1v) is 5.11. The first-order valence-electron chi connectivity index (χ1n) is 5.11. The maximum absolute atomic E-state index is 11.4. The molecule has 0 bridgehead atoms. The van der Waals surface area contributed by atoms with Crippen molar-refractivity contribution in [3.63, 3.8) is 0 Å². The fourth-order valence-corrected chi connectivity index (χ4v) is 1.23. The Bertz CT molecular complexity index is 256. The molecule has 4 nitrogen and oxygen atoms in total. The van der Waals surface area contributed by atoms with Crippen LogP contribution in [-0.2, 0) is 0 Å². The number of nitrogens with zero attached hydrogens (tertiary/aromatic N) is 1. The molecule has 1 heterocycles. The third kappa shape index (κ3) is 3.60. The molecule has 1 aromatic heterocycles. The molecule has 14 heavy (non-hydrogen) atoms. The fraction of sp³-hybridized carbons (Fsp3) is 0.600. The lowest BCUT2D eigenvalue weighted by Crippen LogP contribution is -2.23. The van der Waals surface area contributed by atoms with Gasteiger partial charge in [-0.3, -0.25) is 9.89 Å². The first kappa shape index (κ1) is 10.8. The van der Waals surface area contributed by atoms with Gasteiger partial charge >= 0.3 is 0 Å². The fourth-order valence-electron chi connectivity index (χ4n) is 1.23. The van der Waals surface area contributed by atoms with Gasteiger partial charge in [0.2, 0.25) is 0 Å². The highest BCUT2D eigenvalue weighted by Gasteiger charge is 2.04. The van der Waals surface area contributed by atoms with E-state index in [4.69, 9.17) is 0 Å². The second-order valence-electron chi connectivity index (χ2n) is 3.30. The van der Waals surface area contributed by atoms with Gasteiger partial charge in [-0.15, -0.1) is 0 Å². The molecule has 2 N–H and O–H groups in total. The van der Waals surface area contributed by atoms with Crippen LogP contribution in [0.2, 0.25) is 0 Å². The van der Waals surface area contributed by atoms with Gasteiger partial charge in [-0.1, -0.05) is 26.2 Å². The summed E-state index contributed by atoms with van der Waals surface area (Å²) >= 11 is 0. The van der Waals surface area contributed by atoms with Crippen molar-refractivity contribution in [1.29, 1.82) is 0 Å². The Hall–Kier alpha value is -1.32. The number of amides is 1. The number of H-pyrrole nitrogens is 1. The van der Waals surface area contributed by atoms with Crippen LogP contribution in [0.25, 0.3) is 0 Å². The van der Waals surface area contributed by atoms with Crippen molar-refractivity contribution in [2.45, 2.75) is 32.6 Å². The minimum atomic E-state index is -0.0461. The summed E-state index contributed by atoms with van der Waals surface area (Å²) in [5.41, 5.74) is 0.598. The molecule has 0 saturated heterocycles. The standard InChI is InChI=1S/C10H17N3O/c1-2-3-4-5-6-11-10(14)9-7-12-13-8-9/h7-8H,2-6H2,1H3,(H,11,14)(H,12,13). The normalized spacial score (nSPS) is 10.1. The molecular weight excluding hydrogens is 178 g/mol. The van der Waals surface area contributed by atoms with Gasteiger partial charge in [0.15, 0.2) is 0 Å². The number of aromatic nitrogens is 2. The second-order valence-corrected chi connectivity index (χ2v) is 3.30. The highest BCUT2D eigenvalue weighted by molar-refractivity contribution is 5.93. The zero-order valence-corrected chi connectivity index (χ0v) is 8.55. The molecule has 1 rings (SSSR count). The molecule has 4 heteroatoms. The van der Waals surface area contributed by atoms with E-state index in [0.29, 0.717) is 5.56 Å². The van der Waals surface area contributed by atoms with Gasteiger partial charge in [0.05, 0.1) is 11.8 Å². The number of unbranched alkanes of at least 4 members (excludes halogenated alkanes) is 3. The monoisotopic (exact) mass is 195 g/mol. The molecule has 0 saturated carbocycles. The molecule has 0 unspecified atom stereocenters. The number of nitrogens with one attached hydrogen (secondary N) is 2. The van der Waals surface area contributed by atoms with Gasteiger partial charge < -0.3 is 5.32 Å². The van der Waals surface area contributed by atoms with Crippen LogP contribution >= 0.6 is 0 Å². The number of hydrogen-bond acceptors (Lipinski definition) is 2. The third-order valence-corrected chi connectivity index (χ3v) is 2.08. The highest BCUT2D eigenvalue weighted by Crippen LogP contribution is 1.98. The minimum Gasteiger partial charge on any atom is -0.352 e. The Morgan fingerprint density at radius 3 is 3.00 bits per heavy atom. The summed E-state index contributed by atoms with van der Waals surface area (Å²) in [6.45, 7) is 2.92. The van der Waals surface area contributed by atoms with Crippen molar-refractivity contribution in [2.24, 2.45) is 0 Å². The molecular formula is C10H17N3O. The summed E-state index contributed by atoms with van der Waals surface area (Å²) in [6, 6.07) is 0. The molecule has 0 radical (unpaired) electrons. The van der Waals surface area contributed by atoms with E-state index in [1.54, 1.807) is 6.20 Å². The van der Waals surface area contributed by atoms with E-state index in [9.17, 15) is 4.79 Å². The van der Waals surface area contributed by atoms with Crippen molar-refractivity contribution in [3.05, 3.63) is 18.0 Å². The van der Waals surface area contributed by atoms with Gasteiger partial charge in [0.1, 0.15) is 0 Å². The molecule has 1 amide bonds. The van der Waals surface area contributed by atoms with Crippen molar-refractivity contribution in [3.8, 4) is 0 Å². The van der Waals surface area contributed by atoms with E-state index in [1.165, 1.54) is 25.5 Å². The SMILES string of the molecule is CCCCCCNC(=O)c1cn[nH]c1. The van der Waals surface area contributed by atoms with Crippen LogP contribution in [0, 0.1) is 0 Å². The summed E-state index contributed by atoms with van der Waals surface area (Å²) in [4.78, 5) is 11.4. The topological polar surface area (TPSA) is 57.8 Å². The average molecular weight is 195 g/mol. The molecule has 0 atom stereocenters. The molecule has 0 fully saturated rings. The van der Waals surface area contributed by atoms with Gasteiger partial charge in [0.25, 0.3) is 5.91 Å². The lowest BCUT2D eigenvalue weighted by Gasteiger charge is -2.02. The Kier molecular flexibility index (Phi) is 4.75. The van der Waals surface area contributed by atoms with Gasteiger partial charge in [-0.25, -0.2) is 0 Å². The summed E-state index contributed by atoms with van der Waals surface area (Å²) in [5.74, 6) is -0.0461. The van der Waals surface area contributed by atoms with Gasteiger partial charge in [0, 0.05) is 12.7 Å². The van der Waals surface area contributed by atoms with E-state index in [0.717, 1.165) is 13.0 Å². The van der Waals surface area contributed by atoms with Crippen LogP contribution in [0.5, 0.6) is 0 Å². The summed E-state index contributed by atoms with van der Waals surface area (Å²) in [7, 11) is 0.